The van der Waals surface area contributed by atoms with Gasteiger partial charge < -0.3 is 14.6 Å². The van der Waals surface area contributed by atoms with Crippen molar-refractivity contribution in [2.24, 2.45) is 5.92 Å². The molecule has 1 aliphatic rings. The van der Waals surface area contributed by atoms with Crippen molar-refractivity contribution < 1.29 is 14.7 Å². The highest BCUT2D eigenvalue weighted by atomic mass is 16.4. The third-order valence-electron chi connectivity index (χ3n) is 3.50. The van der Waals surface area contributed by atoms with Gasteiger partial charge in [0.2, 0.25) is 0 Å². The van der Waals surface area contributed by atoms with E-state index in [4.69, 9.17) is 5.11 Å². The van der Waals surface area contributed by atoms with Crippen molar-refractivity contribution >= 4 is 11.9 Å². The van der Waals surface area contributed by atoms with Crippen LogP contribution in [0.1, 0.15) is 30.3 Å². The summed E-state index contributed by atoms with van der Waals surface area (Å²) < 4.78 is 1.49. The zero-order chi connectivity index (χ0) is 13.1. The summed E-state index contributed by atoms with van der Waals surface area (Å²) in [6, 6.07) is 3.40. The molecule has 18 heavy (non-hydrogen) atoms. The maximum Gasteiger partial charge on any atom is 0.323 e. The van der Waals surface area contributed by atoms with Crippen molar-refractivity contribution in [3.05, 3.63) is 24.0 Å². The van der Waals surface area contributed by atoms with E-state index in [-0.39, 0.29) is 12.5 Å². The van der Waals surface area contributed by atoms with Crippen LogP contribution in [0.5, 0.6) is 0 Å². The number of carboxylic acid groups (broad SMARTS) is 1. The molecular weight excluding hydrogens is 232 g/mol. The van der Waals surface area contributed by atoms with Gasteiger partial charge in [-0.3, -0.25) is 9.59 Å². The predicted octanol–water partition coefficient (Wildman–Crippen LogP) is 1.44. The Hall–Kier alpha value is -1.78. The van der Waals surface area contributed by atoms with Gasteiger partial charge in [0.05, 0.1) is 0 Å². The molecule has 1 N–H and O–H groups in total. The van der Waals surface area contributed by atoms with E-state index >= 15 is 0 Å². The van der Waals surface area contributed by atoms with Gasteiger partial charge in [-0.05, 0) is 24.5 Å². The van der Waals surface area contributed by atoms with Gasteiger partial charge in [-0.15, -0.1) is 0 Å². The van der Waals surface area contributed by atoms with Crippen molar-refractivity contribution in [1.82, 2.24) is 9.47 Å². The molecule has 0 saturated carbocycles. The number of nitrogens with zero attached hydrogens (tertiary/aromatic N) is 2. The molecule has 0 aliphatic carbocycles. The molecule has 2 heterocycles. The zero-order valence-electron chi connectivity index (χ0n) is 10.5. The summed E-state index contributed by atoms with van der Waals surface area (Å²) in [5.74, 6) is -0.415. The fourth-order valence-electron chi connectivity index (χ4n) is 2.40. The Morgan fingerprint density at radius 3 is 2.89 bits per heavy atom. The van der Waals surface area contributed by atoms with Gasteiger partial charge >= 0.3 is 5.97 Å². The fraction of sp³-hybridized carbons (Fsp3) is 0.538. The third-order valence-corrected chi connectivity index (χ3v) is 3.50. The number of carbonyl (C=O) groups excluding carboxylic acids is 1. The number of carbonyl (C=O) groups is 2. The standard InChI is InChI=1S/C13H18N2O3/c1-2-10-5-7-15(8-10)13(18)11-4-3-6-14(11)9-12(16)17/h3-4,6,10H,2,5,7-9H2,1H3,(H,16,17). The lowest BCUT2D eigenvalue weighted by molar-refractivity contribution is -0.137. The molecule has 0 bridgehead atoms. The first-order chi connectivity index (χ1) is 8.61. The third kappa shape index (κ3) is 2.55. The lowest BCUT2D eigenvalue weighted by atomic mass is 10.1. The summed E-state index contributed by atoms with van der Waals surface area (Å²) in [5, 5.41) is 8.79. The summed E-state index contributed by atoms with van der Waals surface area (Å²) in [6.45, 7) is 3.52. The van der Waals surface area contributed by atoms with E-state index in [0.29, 0.717) is 11.6 Å². The number of aromatic nitrogens is 1. The second-order valence-corrected chi connectivity index (χ2v) is 4.73. The molecule has 1 amide bonds. The molecule has 1 saturated heterocycles. The zero-order valence-corrected chi connectivity index (χ0v) is 10.5. The van der Waals surface area contributed by atoms with Crippen LogP contribution in [0.3, 0.4) is 0 Å². The van der Waals surface area contributed by atoms with Crippen LogP contribution in [0.2, 0.25) is 0 Å². The van der Waals surface area contributed by atoms with Gasteiger partial charge in [-0.2, -0.15) is 0 Å². The number of hydrogen-bond donors (Lipinski definition) is 1. The highest BCUT2D eigenvalue weighted by Crippen LogP contribution is 2.21. The van der Waals surface area contributed by atoms with E-state index in [9.17, 15) is 9.59 Å². The summed E-state index contributed by atoms with van der Waals surface area (Å²) >= 11 is 0. The van der Waals surface area contributed by atoms with E-state index in [1.165, 1.54) is 4.57 Å². The van der Waals surface area contributed by atoms with Gasteiger partial charge in [0.1, 0.15) is 12.2 Å². The first-order valence-electron chi connectivity index (χ1n) is 6.28. The summed E-state index contributed by atoms with van der Waals surface area (Å²) in [6.07, 6.45) is 3.76. The van der Waals surface area contributed by atoms with Crippen molar-refractivity contribution in [1.29, 1.82) is 0 Å². The minimum absolute atomic E-state index is 0.0581. The number of likely N-dealkylation sites (tertiary alicyclic amines) is 1. The molecule has 0 spiro atoms. The second kappa shape index (κ2) is 5.25. The number of amides is 1. The Kier molecular flexibility index (Phi) is 3.69. The molecule has 1 aliphatic heterocycles. The summed E-state index contributed by atoms with van der Waals surface area (Å²) in [4.78, 5) is 24.8. The lowest BCUT2D eigenvalue weighted by Gasteiger charge is -2.17. The summed E-state index contributed by atoms with van der Waals surface area (Å²) in [7, 11) is 0. The minimum atomic E-state index is -0.937. The van der Waals surface area contributed by atoms with Crippen molar-refractivity contribution in [2.75, 3.05) is 13.1 Å². The number of rotatable bonds is 4. The van der Waals surface area contributed by atoms with E-state index in [2.05, 4.69) is 6.92 Å². The molecule has 2 rings (SSSR count). The van der Waals surface area contributed by atoms with Gasteiger partial charge in [0.25, 0.3) is 5.91 Å². The Labute approximate surface area is 106 Å². The van der Waals surface area contributed by atoms with Gasteiger partial charge in [-0.25, -0.2) is 0 Å². The van der Waals surface area contributed by atoms with Gasteiger partial charge in [0, 0.05) is 19.3 Å². The molecule has 98 valence electrons. The molecule has 1 aromatic heterocycles. The molecular formula is C13H18N2O3. The van der Waals surface area contributed by atoms with Crippen LogP contribution in [0.4, 0.5) is 0 Å². The maximum absolute atomic E-state index is 12.3. The Morgan fingerprint density at radius 2 is 2.28 bits per heavy atom. The fourth-order valence-corrected chi connectivity index (χ4v) is 2.40. The van der Waals surface area contributed by atoms with Gasteiger partial charge in [0.15, 0.2) is 0 Å². The molecule has 1 unspecified atom stereocenters. The van der Waals surface area contributed by atoms with Crippen LogP contribution in [0, 0.1) is 5.92 Å². The van der Waals surface area contributed by atoms with Crippen LogP contribution in [-0.2, 0) is 11.3 Å². The van der Waals surface area contributed by atoms with Crippen LogP contribution in [0.15, 0.2) is 18.3 Å². The smallest absolute Gasteiger partial charge is 0.323 e. The molecule has 5 heteroatoms. The van der Waals surface area contributed by atoms with Crippen LogP contribution >= 0.6 is 0 Å². The maximum atomic E-state index is 12.3. The average Bonchev–Trinajstić information content (AvgIpc) is 2.95. The van der Waals surface area contributed by atoms with Crippen LogP contribution in [-0.4, -0.2) is 39.5 Å². The predicted molar refractivity (Wildman–Crippen MR) is 66.4 cm³/mol. The number of carboxylic acids is 1. The minimum Gasteiger partial charge on any atom is -0.480 e. The lowest BCUT2D eigenvalue weighted by Crippen LogP contribution is -2.31. The van der Waals surface area contributed by atoms with Gasteiger partial charge in [-0.1, -0.05) is 13.3 Å². The molecule has 5 nitrogen and oxygen atoms in total. The first kappa shape index (κ1) is 12.7. The Balaban J connectivity index is 2.09. The molecule has 1 aromatic rings. The highest BCUT2D eigenvalue weighted by Gasteiger charge is 2.27. The van der Waals surface area contributed by atoms with E-state index in [1.807, 2.05) is 4.90 Å². The normalized spacial score (nSPS) is 19.2. The monoisotopic (exact) mass is 250 g/mol. The molecule has 1 fully saturated rings. The Morgan fingerprint density at radius 1 is 1.50 bits per heavy atom. The Bertz CT molecular complexity index is 453. The van der Waals surface area contributed by atoms with Crippen molar-refractivity contribution in [3.8, 4) is 0 Å². The molecule has 0 radical (unpaired) electrons. The highest BCUT2D eigenvalue weighted by molar-refractivity contribution is 5.93. The number of aliphatic carboxylic acids is 1. The van der Waals surface area contributed by atoms with Crippen LogP contribution < -0.4 is 0 Å². The van der Waals surface area contributed by atoms with E-state index < -0.39 is 5.97 Å². The van der Waals surface area contributed by atoms with Crippen LogP contribution in [0.25, 0.3) is 0 Å². The van der Waals surface area contributed by atoms with Crippen molar-refractivity contribution in [2.45, 2.75) is 26.3 Å². The largest absolute Gasteiger partial charge is 0.480 e. The average molecular weight is 250 g/mol. The first-order valence-corrected chi connectivity index (χ1v) is 6.28. The topological polar surface area (TPSA) is 62.5 Å². The molecule has 1 atom stereocenters. The molecule has 0 aromatic carbocycles. The van der Waals surface area contributed by atoms with E-state index in [0.717, 1.165) is 25.9 Å². The van der Waals surface area contributed by atoms with E-state index in [1.54, 1.807) is 18.3 Å². The number of hydrogen-bond acceptors (Lipinski definition) is 2. The SMILES string of the molecule is CCC1CCN(C(=O)c2cccn2CC(=O)O)C1. The second-order valence-electron chi connectivity index (χ2n) is 4.73. The quantitative estimate of drug-likeness (QED) is 0.879. The van der Waals surface area contributed by atoms with Crippen molar-refractivity contribution in [3.63, 3.8) is 0 Å². The summed E-state index contributed by atoms with van der Waals surface area (Å²) in [5.41, 5.74) is 0.467.